The molecule has 7 nitrogen and oxygen atoms in total. The Hall–Kier alpha value is -2.40. The van der Waals surface area contributed by atoms with Crippen LogP contribution in [0.3, 0.4) is 0 Å². The van der Waals surface area contributed by atoms with Gasteiger partial charge in [-0.1, -0.05) is 17.2 Å². The lowest BCUT2D eigenvalue weighted by atomic mass is 10.2. The molecule has 1 aliphatic rings. The minimum absolute atomic E-state index is 0.137. The van der Waals surface area contributed by atoms with Crippen LogP contribution in [0, 0.1) is 0 Å². The van der Waals surface area contributed by atoms with Crippen LogP contribution in [0.5, 0.6) is 5.75 Å². The summed E-state index contributed by atoms with van der Waals surface area (Å²) in [6, 6.07) is 7.03. The van der Waals surface area contributed by atoms with Crippen molar-refractivity contribution >= 4 is 11.8 Å². The van der Waals surface area contributed by atoms with Crippen LogP contribution in [0.25, 0.3) is 10.4 Å². The predicted molar refractivity (Wildman–Crippen MR) is 82.1 cm³/mol. The lowest BCUT2D eigenvalue weighted by Crippen LogP contribution is -2.36. The number of para-hydroxylation sites is 1. The van der Waals surface area contributed by atoms with Crippen molar-refractivity contribution in [3.8, 4) is 5.75 Å². The van der Waals surface area contributed by atoms with Crippen LogP contribution in [0.15, 0.2) is 29.4 Å². The molecule has 1 atom stereocenters. The molecule has 1 heterocycles. The van der Waals surface area contributed by atoms with Gasteiger partial charge in [0.2, 0.25) is 0 Å². The third-order valence-corrected chi connectivity index (χ3v) is 3.11. The summed E-state index contributed by atoms with van der Waals surface area (Å²) in [5, 5.41) is 3.60. The molecule has 22 heavy (non-hydrogen) atoms. The Morgan fingerprint density at radius 3 is 2.82 bits per heavy atom. The first-order valence-corrected chi connectivity index (χ1v) is 7.18. The van der Waals surface area contributed by atoms with E-state index in [2.05, 4.69) is 10.0 Å². The van der Waals surface area contributed by atoms with Gasteiger partial charge in [-0.15, -0.1) is 0 Å². The van der Waals surface area contributed by atoms with Gasteiger partial charge in [0.25, 0.3) is 0 Å². The van der Waals surface area contributed by atoms with E-state index in [-0.39, 0.29) is 12.2 Å². The normalized spacial score (nSPS) is 17.8. The van der Waals surface area contributed by atoms with Crippen molar-refractivity contribution in [1.82, 2.24) is 4.90 Å². The molecular weight excluding hydrogens is 284 g/mol. The van der Waals surface area contributed by atoms with Crippen LogP contribution >= 0.6 is 0 Å². The van der Waals surface area contributed by atoms with E-state index < -0.39 is 5.60 Å². The van der Waals surface area contributed by atoms with Crippen LogP contribution in [0.4, 0.5) is 10.5 Å². The van der Waals surface area contributed by atoms with Gasteiger partial charge in [0.15, 0.2) is 0 Å². The number of ether oxygens (including phenoxy) is 2. The maximum Gasteiger partial charge on any atom is 0.410 e. The van der Waals surface area contributed by atoms with Crippen LogP contribution in [0.2, 0.25) is 0 Å². The zero-order valence-electron chi connectivity index (χ0n) is 13.0. The molecule has 0 aromatic heterocycles. The molecule has 1 aliphatic heterocycles. The fourth-order valence-corrected chi connectivity index (χ4v) is 2.18. The van der Waals surface area contributed by atoms with Crippen molar-refractivity contribution in [2.75, 3.05) is 13.1 Å². The fourth-order valence-electron chi connectivity index (χ4n) is 2.18. The molecule has 0 radical (unpaired) electrons. The molecule has 1 saturated heterocycles. The largest absolute Gasteiger partial charge is 0.488 e. The van der Waals surface area contributed by atoms with Gasteiger partial charge >= 0.3 is 6.09 Å². The second-order valence-electron chi connectivity index (χ2n) is 6.11. The minimum Gasteiger partial charge on any atom is -0.488 e. The van der Waals surface area contributed by atoms with Crippen molar-refractivity contribution in [3.05, 3.63) is 34.7 Å². The number of hydrogen-bond acceptors (Lipinski definition) is 4. The summed E-state index contributed by atoms with van der Waals surface area (Å²) in [7, 11) is 0. The summed E-state index contributed by atoms with van der Waals surface area (Å²) in [5.41, 5.74) is 8.50. The Labute approximate surface area is 129 Å². The molecule has 2 rings (SSSR count). The molecule has 1 unspecified atom stereocenters. The second-order valence-corrected chi connectivity index (χ2v) is 6.11. The minimum atomic E-state index is -0.510. The van der Waals surface area contributed by atoms with Crippen LogP contribution in [-0.2, 0) is 4.74 Å². The maximum atomic E-state index is 12.0. The molecule has 0 aliphatic carbocycles. The number of likely N-dealkylation sites (tertiary alicyclic amines) is 1. The van der Waals surface area contributed by atoms with Gasteiger partial charge in [-0.2, -0.15) is 0 Å². The first-order valence-electron chi connectivity index (χ1n) is 7.18. The van der Waals surface area contributed by atoms with E-state index in [0.717, 1.165) is 0 Å². The summed E-state index contributed by atoms with van der Waals surface area (Å²) in [6.07, 6.45) is 0.244. The first-order chi connectivity index (χ1) is 10.4. The number of carbonyl (C=O) groups excluding carboxylic acids is 1. The average molecular weight is 304 g/mol. The molecule has 1 fully saturated rings. The Balaban J connectivity index is 1.97. The molecule has 7 heteroatoms. The zero-order valence-corrected chi connectivity index (χ0v) is 13.0. The average Bonchev–Trinajstić information content (AvgIpc) is 2.88. The Morgan fingerprint density at radius 1 is 1.41 bits per heavy atom. The van der Waals surface area contributed by atoms with Crippen molar-refractivity contribution in [2.24, 2.45) is 5.11 Å². The van der Waals surface area contributed by atoms with Gasteiger partial charge in [-0.3, -0.25) is 0 Å². The lowest BCUT2D eigenvalue weighted by Gasteiger charge is -2.24. The lowest BCUT2D eigenvalue weighted by molar-refractivity contribution is 0.0276. The number of rotatable bonds is 3. The maximum absolute atomic E-state index is 12.0. The first kappa shape index (κ1) is 16.0. The highest BCUT2D eigenvalue weighted by Crippen LogP contribution is 2.29. The molecule has 118 valence electrons. The highest BCUT2D eigenvalue weighted by atomic mass is 16.6. The van der Waals surface area contributed by atoms with Gasteiger partial charge in [0.05, 0.1) is 12.2 Å². The number of amides is 1. The van der Waals surface area contributed by atoms with Gasteiger partial charge in [-0.25, -0.2) is 4.79 Å². The van der Waals surface area contributed by atoms with E-state index in [1.807, 2.05) is 26.8 Å². The SMILES string of the molecule is CC(C)(C)OC(=O)N1CCC(Oc2ccccc2N=[N+]=[N-])C1. The Morgan fingerprint density at radius 2 is 2.14 bits per heavy atom. The molecule has 0 N–H and O–H groups in total. The summed E-state index contributed by atoms with van der Waals surface area (Å²) in [4.78, 5) is 16.4. The smallest absolute Gasteiger partial charge is 0.410 e. The van der Waals surface area contributed by atoms with Crippen LogP contribution in [-0.4, -0.2) is 35.8 Å². The summed E-state index contributed by atoms with van der Waals surface area (Å²) >= 11 is 0. The molecule has 0 spiro atoms. The Kier molecular flexibility index (Phi) is 4.78. The topological polar surface area (TPSA) is 87.5 Å². The number of azide groups is 1. The van der Waals surface area contributed by atoms with Gasteiger partial charge < -0.3 is 14.4 Å². The van der Waals surface area contributed by atoms with Crippen LogP contribution < -0.4 is 4.74 Å². The third-order valence-electron chi connectivity index (χ3n) is 3.11. The third kappa shape index (κ3) is 4.30. The summed E-state index contributed by atoms with van der Waals surface area (Å²) in [6.45, 7) is 6.56. The highest BCUT2D eigenvalue weighted by Gasteiger charge is 2.31. The Bertz CT molecular complexity index is 591. The number of benzene rings is 1. The zero-order chi connectivity index (χ0) is 16.2. The quantitative estimate of drug-likeness (QED) is 0.480. The fraction of sp³-hybridized carbons (Fsp3) is 0.533. The van der Waals surface area contributed by atoms with Crippen molar-refractivity contribution < 1.29 is 14.3 Å². The van der Waals surface area contributed by atoms with E-state index in [9.17, 15) is 4.79 Å². The standard InChI is InChI=1S/C15H20N4O3/c1-15(2,3)22-14(20)19-9-8-11(10-19)21-13-7-5-4-6-12(13)17-18-16/h4-7,11H,8-10H2,1-3H3. The molecule has 1 aromatic carbocycles. The van der Waals surface area contributed by atoms with Gasteiger partial charge in [-0.05, 0) is 38.4 Å². The van der Waals surface area contributed by atoms with Crippen molar-refractivity contribution in [3.63, 3.8) is 0 Å². The molecule has 1 aromatic rings. The number of carbonyl (C=O) groups is 1. The van der Waals surface area contributed by atoms with Crippen molar-refractivity contribution in [1.29, 1.82) is 0 Å². The van der Waals surface area contributed by atoms with Gasteiger partial charge in [0.1, 0.15) is 17.5 Å². The molecule has 1 amide bonds. The number of nitrogens with zero attached hydrogens (tertiary/aromatic N) is 4. The number of hydrogen-bond donors (Lipinski definition) is 0. The second kappa shape index (κ2) is 6.58. The van der Waals surface area contributed by atoms with Gasteiger partial charge in [0, 0.05) is 17.9 Å². The summed E-state index contributed by atoms with van der Waals surface area (Å²) < 4.78 is 11.2. The van der Waals surface area contributed by atoms with E-state index in [1.54, 1.807) is 23.1 Å². The molecule has 0 bridgehead atoms. The monoisotopic (exact) mass is 304 g/mol. The predicted octanol–water partition coefficient (Wildman–Crippen LogP) is 4.02. The summed E-state index contributed by atoms with van der Waals surface area (Å²) in [5.74, 6) is 0.524. The van der Waals surface area contributed by atoms with Crippen molar-refractivity contribution in [2.45, 2.75) is 38.9 Å². The van der Waals surface area contributed by atoms with Crippen LogP contribution in [0.1, 0.15) is 27.2 Å². The van der Waals surface area contributed by atoms with E-state index in [0.29, 0.717) is 30.9 Å². The van der Waals surface area contributed by atoms with E-state index >= 15 is 0 Å². The highest BCUT2D eigenvalue weighted by molar-refractivity contribution is 5.68. The van der Waals surface area contributed by atoms with E-state index in [4.69, 9.17) is 15.0 Å². The van der Waals surface area contributed by atoms with E-state index in [1.165, 1.54) is 0 Å². The molecular formula is C15H20N4O3. The molecule has 0 saturated carbocycles.